The predicted octanol–water partition coefficient (Wildman–Crippen LogP) is 3.61. The van der Waals surface area contributed by atoms with Gasteiger partial charge in [0, 0.05) is 5.75 Å². The average molecular weight is 247 g/mol. The molecule has 1 heterocycles. The van der Waals surface area contributed by atoms with E-state index in [4.69, 9.17) is 0 Å². The number of benzene rings is 1. The molecular formula is C13H17N3S. The van der Waals surface area contributed by atoms with E-state index in [-0.39, 0.29) is 0 Å². The Labute approximate surface area is 106 Å². The van der Waals surface area contributed by atoms with Gasteiger partial charge < -0.3 is 0 Å². The second-order valence-corrected chi connectivity index (χ2v) is 5.09. The predicted molar refractivity (Wildman–Crippen MR) is 71.1 cm³/mol. The number of hydrogen-bond acceptors (Lipinski definition) is 3. The van der Waals surface area contributed by atoms with E-state index < -0.39 is 0 Å². The molecule has 0 saturated heterocycles. The van der Waals surface area contributed by atoms with Gasteiger partial charge in [-0.2, -0.15) is 5.10 Å². The smallest absolute Gasteiger partial charge is 0.183 e. The van der Waals surface area contributed by atoms with Crippen molar-refractivity contribution in [2.24, 2.45) is 0 Å². The standard InChI is InChI=1S/C13H17N3S/c1-3-10(2)12-6-4-11(5-7-12)8-17-13-14-9-15-16-13/h4-7,9-10H,3,8H2,1-2H3,(H,14,15,16). The highest BCUT2D eigenvalue weighted by Gasteiger charge is 2.03. The van der Waals surface area contributed by atoms with E-state index in [0.717, 1.165) is 10.9 Å². The quantitative estimate of drug-likeness (QED) is 0.821. The van der Waals surface area contributed by atoms with E-state index in [2.05, 4.69) is 53.3 Å². The Morgan fingerprint density at radius 1 is 1.29 bits per heavy atom. The molecule has 2 rings (SSSR count). The summed E-state index contributed by atoms with van der Waals surface area (Å²) in [6.07, 6.45) is 2.72. The molecule has 0 saturated carbocycles. The summed E-state index contributed by atoms with van der Waals surface area (Å²) in [5.41, 5.74) is 2.74. The van der Waals surface area contributed by atoms with Gasteiger partial charge >= 0.3 is 0 Å². The molecule has 0 amide bonds. The van der Waals surface area contributed by atoms with Crippen LogP contribution in [-0.2, 0) is 5.75 Å². The van der Waals surface area contributed by atoms with Gasteiger partial charge in [-0.25, -0.2) is 4.98 Å². The molecule has 0 aliphatic rings. The van der Waals surface area contributed by atoms with Crippen LogP contribution in [-0.4, -0.2) is 15.2 Å². The topological polar surface area (TPSA) is 41.6 Å². The van der Waals surface area contributed by atoms with Gasteiger partial charge in [0.2, 0.25) is 0 Å². The number of hydrogen-bond donors (Lipinski definition) is 1. The van der Waals surface area contributed by atoms with Crippen LogP contribution in [0.5, 0.6) is 0 Å². The van der Waals surface area contributed by atoms with Crippen LogP contribution >= 0.6 is 11.8 Å². The van der Waals surface area contributed by atoms with E-state index in [9.17, 15) is 0 Å². The van der Waals surface area contributed by atoms with Crippen molar-refractivity contribution in [2.45, 2.75) is 37.1 Å². The summed E-state index contributed by atoms with van der Waals surface area (Å²) in [5, 5.41) is 7.55. The fourth-order valence-electron chi connectivity index (χ4n) is 1.59. The van der Waals surface area contributed by atoms with Crippen LogP contribution in [0.4, 0.5) is 0 Å². The Morgan fingerprint density at radius 3 is 2.65 bits per heavy atom. The van der Waals surface area contributed by atoms with Crippen LogP contribution in [0.15, 0.2) is 35.7 Å². The summed E-state index contributed by atoms with van der Waals surface area (Å²) in [6.45, 7) is 4.48. The zero-order chi connectivity index (χ0) is 12.1. The number of thioether (sulfide) groups is 1. The zero-order valence-corrected chi connectivity index (χ0v) is 11.0. The summed E-state index contributed by atoms with van der Waals surface area (Å²) >= 11 is 1.67. The van der Waals surface area contributed by atoms with Crippen molar-refractivity contribution in [1.29, 1.82) is 0 Å². The molecule has 0 spiro atoms. The molecule has 1 unspecified atom stereocenters. The molecule has 17 heavy (non-hydrogen) atoms. The zero-order valence-electron chi connectivity index (χ0n) is 10.2. The molecule has 1 atom stereocenters. The summed E-state index contributed by atoms with van der Waals surface area (Å²) in [5.74, 6) is 1.57. The molecule has 1 aromatic carbocycles. The van der Waals surface area contributed by atoms with Gasteiger partial charge in [0.1, 0.15) is 6.33 Å². The van der Waals surface area contributed by atoms with Crippen LogP contribution in [0.3, 0.4) is 0 Å². The van der Waals surface area contributed by atoms with E-state index in [1.807, 2.05) is 0 Å². The molecule has 0 radical (unpaired) electrons. The minimum atomic E-state index is 0.644. The first-order chi connectivity index (χ1) is 8.29. The molecule has 1 N–H and O–H groups in total. The second kappa shape index (κ2) is 5.87. The first-order valence-corrected chi connectivity index (χ1v) is 6.85. The second-order valence-electron chi connectivity index (χ2n) is 4.13. The average Bonchev–Trinajstić information content (AvgIpc) is 2.89. The summed E-state index contributed by atoms with van der Waals surface area (Å²) < 4.78 is 0. The fourth-order valence-corrected chi connectivity index (χ4v) is 2.33. The lowest BCUT2D eigenvalue weighted by Gasteiger charge is -2.09. The van der Waals surface area contributed by atoms with Gasteiger partial charge in [-0.15, -0.1) is 0 Å². The van der Waals surface area contributed by atoms with Crippen LogP contribution < -0.4 is 0 Å². The third kappa shape index (κ3) is 3.33. The maximum Gasteiger partial charge on any atom is 0.183 e. The fraction of sp³-hybridized carbons (Fsp3) is 0.385. The van der Waals surface area contributed by atoms with E-state index in [0.29, 0.717) is 5.92 Å². The normalized spacial score (nSPS) is 12.6. The maximum absolute atomic E-state index is 4.09. The maximum atomic E-state index is 4.09. The number of aromatic amines is 1. The number of aromatic nitrogens is 3. The van der Waals surface area contributed by atoms with Crippen molar-refractivity contribution in [1.82, 2.24) is 15.2 Å². The molecule has 0 aliphatic carbocycles. The Hall–Kier alpha value is -1.29. The van der Waals surface area contributed by atoms with E-state index in [1.165, 1.54) is 23.9 Å². The highest BCUT2D eigenvalue weighted by atomic mass is 32.2. The molecule has 0 fully saturated rings. The van der Waals surface area contributed by atoms with Crippen LogP contribution in [0, 0.1) is 0 Å². The van der Waals surface area contributed by atoms with Crippen molar-refractivity contribution < 1.29 is 0 Å². The summed E-state index contributed by atoms with van der Waals surface area (Å²) in [7, 11) is 0. The number of nitrogens with zero attached hydrogens (tertiary/aromatic N) is 2. The molecule has 2 aromatic rings. The van der Waals surface area contributed by atoms with Gasteiger partial charge in [0.05, 0.1) is 0 Å². The van der Waals surface area contributed by atoms with Crippen molar-refractivity contribution in [3.8, 4) is 0 Å². The van der Waals surface area contributed by atoms with Gasteiger partial charge in [0.15, 0.2) is 5.16 Å². The number of H-pyrrole nitrogens is 1. The van der Waals surface area contributed by atoms with Crippen LogP contribution in [0.1, 0.15) is 37.3 Å². The minimum Gasteiger partial charge on any atom is -0.254 e. The molecule has 90 valence electrons. The Kier molecular flexibility index (Phi) is 4.20. The van der Waals surface area contributed by atoms with E-state index in [1.54, 1.807) is 11.8 Å². The first kappa shape index (κ1) is 12.2. The molecule has 0 aliphatic heterocycles. The Bertz CT molecular complexity index is 436. The molecular weight excluding hydrogens is 230 g/mol. The van der Waals surface area contributed by atoms with E-state index >= 15 is 0 Å². The van der Waals surface area contributed by atoms with Gasteiger partial charge in [-0.3, -0.25) is 5.10 Å². The minimum absolute atomic E-state index is 0.644. The number of rotatable bonds is 5. The highest BCUT2D eigenvalue weighted by molar-refractivity contribution is 7.98. The molecule has 4 heteroatoms. The Morgan fingerprint density at radius 2 is 2.06 bits per heavy atom. The largest absolute Gasteiger partial charge is 0.254 e. The van der Waals surface area contributed by atoms with Crippen molar-refractivity contribution in [3.63, 3.8) is 0 Å². The van der Waals surface area contributed by atoms with Crippen molar-refractivity contribution in [2.75, 3.05) is 0 Å². The summed E-state index contributed by atoms with van der Waals surface area (Å²) in [4.78, 5) is 4.09. The number of nitrogens with one attached hydrogen (secondary N) is 1. The van der Waals surface area contributed by atoms with Crippen molar-refractivity contribution in [3.05, 3.63) is 41.7 Å². The first-order valence-electron chi connectivity index (χ1n) is 5.86. The highest BCUT2D eigenvalue weighted by Crippen LogP contribution is 2.22. The molecule has 0 bridgehead atoms. The Balaban J connectivity index is 1.94. The van der Waals surface area contributed by atoms with Gasteiger partial charge in [0.25, 0.3) is 0 Å². The summed E-state index contributed by atoms with van der Waals surface area (Å²) in [6, 6.07) is 8.85. The molecule has 1 aromatic heterocycles. The SMILES string of the molecule is CCC(C)c1ccc(CSc2ncn[nH]2)cc1. The lowest BCUT2D eigenvalue weighted by atomic mass is 9.98. The molecule has 3 nitrogen and oxygen atoms in total. The lowest BCUT2D eigenvalue weighted by Crippen LogP contribution is -1.91. The van der Waals surface area contributed by atoms with Crippen LogP contribution in [0.25, 0.3) is 0 Å². The van der Waals surface area contributed by atoms with Crippen LogP contribution in [0.2, 0.25) is 0 Å². The third-order valence-electron chi connectivity index (χ3n) is 2.93. The van der Waals surface area contributed by atoms with Gasteiger partial charge in [-0.1, -0.05) is 49.9 Å². The lowest BCUT2D eigenvalue weighted by molar-refractivity contribution is 0.733. The monoisotopic (exact) mass is 247 g/mol. The van der Waals surface area contributed by atoms with Crippen molar-refractivity contribution >= 4 is 11.8 Å². The third-order valence-corrected chi connectivity index (χ3v) is 3.88. The van der Waals surface area contributed by atoms with Gasteiger partial charge in [-0.05, 0) is 23.5 Å².